The van der Waals surface area contributed by atoms with Gasteiger partial charge in [-0.05, 0) is 35.9 Å². The molecule has 0 saturated heterocycles. The number of alkyl halides is 2. The first-order valence-corrected chi connectivity index (χ1v) is 7.61. The summed E-state index contributed by atoms with van der Waals surface area (Å²) < 4.78 is 28.4. The molecular formula is C18H14F2N4O2. The van der Waals surface area contributed by atoms with Gasteiger partial charge in [0.25, 0.3) is 5.91 Å². The number of halogens is 2. The molecule has 132 valence electrons. The highest BCUT2D eigenvalue weighted by molar-refractivity contribution is 5.94. The second-order valence-electron chi connectivity index (χ2n) is 5.18. The second kappa shape index (κ2) is 8.02. The van der Waals surface area contributed by atoms with Gasteiger partial charge in [-0.15, -0.1) is 0 Å². The fourth-order valence-corrected chi connectivity index (χ4v) is 2.16. The molecule has 2 aromatic carbocycles. The number of H-pyrrole nitrogens is 1. The Kier molecular flexibility index (Phi) is 5.33. The van der Waals surface area contributed by atoms with E-state index in [4.69, 9.17) is 0 Å². The Morgan fingerprint density at radius 2 is 1.88 bits per heavy atom. The molecule has 1 heterocycles. The summed E-state index contributed by atoms with van der Waals surface area (Å²) in [6.45, 7) is -2.87. The molecule has 0 unspecified atom stereocenters. The molecule has 3 rings (SSSR count). The molecule has 1 aromatic heterocycles. The lowest BCUT2D eigenvalue weighted by Crippen LogP contribution is -2.18. The maximum absolute atomic E-state index is 12.1. The second-order valence-corrected chi connectivity index (χ2v) is 5.18. The summed E-state index contributed by atoms with van der Waals surface area (Å²) in [7, 11) is 0. The summed E-state index contributed by atoms with van der Waals surface area (Å²) in [6, 6.07) is 16.9. The number of aromatic amines is 1. The highest BCUT2D eigenvalue weighted by Gasteiger charge is 2.10. The van der Waals surface area contributed by atoms with Gasteiger partial charge in [0.05, 0.1) is 11.9 Å². The normalized spacial score (nSPS) is 11.0. The molecule has 0 aliphatic rings. The van der Waals surface area contributed by atoms with E-state index in [1.54, 1.807) is 6.07 Å². The van der Waals surface area contributed by atoms with Gasteiger partial charge < -0.3 is 4.74 Å². The standard InChI is InChI=1S/C18H14F2N4O2/c19-18(20)26-14-8-6-12(7-9-14)11-21-24-17(25)16-10-15(22-23-16)13-4-2-1-3-5-13/h1-11,18H,(H,22,23)(H,24,25)/b21-11-. The fraction of sp³-hybridized carbons (Fsp3) is 0.0556. The quantitative estimate of drug-likeness (QED) is 0.524. The number of rotatable bonds is 6. The van der Waals surface area contributed by atoms with E-state index >= 15 is 0 Å². The number of amides is 1. The lowest BCUT2D eigenvalue weighted by molar-refractivity contribution is -0.0498. The maximum Gasteiger partial charge on any atom is 0.387 e. The highest BCUT2D eigenvalue weighted by atomic mass is 19.3. The number of hydrazone groups is 1. The zero-order valence-electron chi connectivity index (χ0n) is 13.4. The average Bonchev–Trinajstić information content (AvgIpc) is 3.14. The van der Waals surface area contributed by atoms with Gasteiger partial charge in [0.15, 0.2) is 0 Å². The molecule has 0 spiro atoms. The number of hydrogen-bond acceptors (Lipinski definition) is 4. The molecule has 0 radical (unpaired) electrons. The Balaban J connectivity index is 1.58. The van der Waals surface area contributed by atoms with Gasteiger partial charge in [-0.25, -0.2) is 5.43 Å². The summed E-state index contributed by atoms with van der Waals surface area (Å²) in [5, 5.41) is 10.6. The molecule has 6 nitrogen and oxygen atoms in total. The minimum absolute atomic E-state index is 0.0482. The van der Waals surface area contributed by atoms with Gasteiger partial charge in [0, 0.05) is 5.56 Å². The van der Waals surface area contributed by atoms with Crippen LogP contribution in [0.2, 0.25) is 0 Å². The fourth-order valence-electron chi connectivity index (χ4n) is 2.16. The molecular weight excluding hydrogens is 342 g/mol. The van der Waals surface area contributed by atoms with Crippen molar-refractivity contribution in [2.75, 3.05) is 0 Å². The molecule has 0 aliphatic heterocycles. The third-order valence-electron chi connectivity index (χ3n) is 3.38. The van der Waals surface area contributed by atoms with Crippen molar-refractivity contribution in [3.05, 3.63) is 71.9 Å². The van der Waals surface area contributed by atoms with Gasteiger partial charge in [-0.3, -0.25) is 9.89 Å². The average molecular weight is 356 g/mol. The minimum atomic E-state index is -2.87. The molecule has 2 N–H and O–H groups in total. The van der Waals surface area contributed by atoms with Crippen molar-refractivity contribution in [1.82, 2.24) is 15.6 Å². The summed E-state index contributed by atoms with van der Waals surface area (Å²) in [4.78, 5) is 12.1. The van der Waals surface area contributed by atoms with Gasteiger partial charge >= 0.3 is 6.61 Å². The van der Waals surface area contributed by atoms with Crippen LogP contribution in [-0.4, -0.2) is 28.9 Å². The van der Waals surface area contributed by atoms with Crippen LogP contribution in [0.15, 0.2) is 65.8 Å². The number of aromatic nitrogens is 2. The van der Waals surface area contributed by atoms with Crippen LogP contribution in [0.4, 0.5) is 8.78 Å². The van der Waals surface area contributed by atoms with Crippen LogP contribution < -0.4 is 10.2 Å². The van der Waals surface area contributed by atoms with Crippen molar-refractivity contribution >= 4 is 12.1 Å². The molecule has 0 saturated carbocycles. The monoisotopic (exact) mass is 356 g/mol. The molecule has 8 heteroatoms. The molecule has 0 aliphatic carbocycles. The molecule has 0 fully saturated rings. The van der Waals surface area contributed by atoms with Crippen LogP contribution >= 0.6 is 0 Å². The molecule has 0 atom stereocenters. The Hall–Kier alpha value is -3.55. The van der Waals surface area contributed by atoms with Crippen LogP contribution in [0.1, 0.15) is 16.1 Å². The van der Waals surface area contributed by atoms with Crippen LogP contribution in [0.3, 0.4) is 0 Å². The predicted molar refractivity (Wildman–Crippen MR) is 92.2 cm³/mol. The molecule has 3 aromatic rings. The van der Waals surface area contributed by atoms with Crippen molar-refractivity contribution in [3.8, 4) is 17.0 Å². The predicted octanol–water partition coefficient (Wildman–Crippen LogP) is 3.44. The van der Waals surface area contributed by atoms with Crippen LogP contribution in [0.5, 0.6) is 5.75 Å². The zero-order valence-corrected chi connectivity index (χ0v) is 13.4. The summed E-state index contributed by atoms with van der Waals surface area (Å²) in [5.74, 6) is -0.402. The minimum Gasteiger partial charge on any atom is -0.435 e. The number of ether oxygens (including phenoxy) is 1. The van der Waals surface area contributed by atoms with E-state index in [9.17, 15) is 13.6 Å². The number of carbonyl (C=O) groups excluding carboxylic acids is 1. The number of nitrogens with one attached hydrogen (secondary N) is 2. The van der Waals surface area contributed by atoms with Gasteiger partial charge in [-0.1, -0.05) is 30.3 Å². The number of nitrogens with zero attached hydrogens (tertiary/aromatic N) is 2. The van der Waals surface area contributed by atoms with Crippen molar-refractivity contribution in [2.45, 2.75) is 6.61 Å². The maximum atomic E-state index is 12.1. The van der Waals surface area contributed by atoms with Gasteiger partial charge in [0.1, 0.15) is 11.4 Å². The van der Waals surface area contributed by atoms with E-state index in [1.807, 2.05) is 30.3 Å². The highest BCUT2D eigenvalue weighted by Crippen LogP contribution is 2.17. The number of benzene rings is 2. The Morgan fingerprint density at radius 1 is 1.15 bits per heavy atom. The smallest absolute Gasteiger partial charge is 0.387 e. The van der Waals surface area contributed by atoms with E-state index in [-0.39, 0.29) is 11.4 Å². The Morgan fingerprint density at radius 3 is 2.58 bits per heavy atom. The lowest BCUT2D eigenvalue weighted by Gasteiger charge is -2.03. The first-order chi connectivity index (χ1) is 12.6. The third-order valence-corrected chi connectivity index (χ3v) is 3.38. The summed E-state index contributed by atoms with van der Waals surface area (Å²) in [6.07, 6.45) is 1.39. The molecule has 1 amide bonds. The first kappa shape index (κ1) is 17.3. The number of carbonyl (C=O) groups is 1. The van der Waals surface area contributed by atoms with E-state index in [0.717, 1.165) is 5.56 Å². The molecule has 26 heavy (non-hydrogen) atoms. The van der Waals surface area contributed by atoms with Crippen molar-refractivity contribution in [1.29, 1.82) is 0 Å². The van der Waals surface area contributed by atoms with Crippen LogP contribution in [0, 0.1) is 0 Å². The third kappa shape index (κ3) is 4.50. The van der Waals surface area contributed by atoms with Crippen LogP contribution in [-0.2, 0) is 0 Å². The zero-order chi connectivity index (χ0) is 18.4. The summed E-state index contributed by atoms with van der Waals surface area (Å²) in [5.41, 5.74) is 4.78. The topological polar surface area (TPSA) is 79.4 Å². The SMILES string of the molecule is O=C(N/N=C\c1ccc(OC(F)F)cc1)c1cc(-c2ccccc2)n[nH]1. The van der Waals surface area contributed by atoms with E-state index in [0.29, 0.717) is 11.3 Å². The Labute approximate surface area is 147 Å². The van der Waals surface area contributed by atoms with Crippen molar-refractivity contribution in [3.63, 3.8) is 0 Å². The van der Waals surface area contributed by atoms with Crippen LogP contribution in [0.25, 0.3) is 11.3 Å². The largest absolute Gasteiger partial charge is 0.435 e. The van der Waals surface area contributed by atoms with Gasteiger partial charge in [-0.2, -0.15) is 19.0 Å². The first-order valence-electron chi connectivity index (χ1n) is 7.61. The van der Waals surface area contributed by atoms with Crippen molar-refractivity contribution in [2.24, 2.45) is 5.10 Å². The van der Waals surface area contributed by atoms with E-state index < -0.39 is 12.5 Å². The lowest BCUT2D eigenvalue weighted by atomic mass is 10.1. The Bertz CT molecular complexity index is 893. The van der Waals surface area contributed by atoms with Crippen molar-refractivity contribution < 1.29 is 18.3 Å². The van der Waals surface area contributed by atoms with E-state index in [2.05, 4.69) is 25.5 Å². The molecule has 0 bridgehead atoms. The number of hydrogen-bond donors (Lipinski definition) is 2. The van der Waals surface area contributed by atoms with Gasteiger partial charge in [0.2, 0.25) is 0 Å². The van der Waals surface area contributed by atoms with E-state index in [1.165, 1.54) is 30.5 Å². The summed E-state index contributed by atoms with van der Waals surface area (Å²) >= 11 is 0.